The van der Waals surface area contributed by atoms with Crippen LogP contribution in [0.5, 0.6) is 11.5 Å². The molecule has 44 heavy (non-hydrogen) atoms. The van der Waals surface area contributed by atoms with Crippen molar-refractivity contribution < 1.29 is 19.1 Å². The van der Waals surface area contributed by atoms with Crippen molar-refractivity contribution in [3.8, 4) is 33.8 Å². The van der Waals surface area contributed by atoms with E-state index in [0.717, 1.165) is 33.4 Å². The third kappa shape index (κ3) is 8.50. The van der Waals surface area contributed by atoms with Gasteiger partial charge in [-0.25, -0.2) is 10.9 Å². The molecule has 5 rings (SSSR count). The highest BCUT2D eigenvalue weighted by atomic mass is 16.5. The zero-order valence-corrected chi connectivity index (χ0v) is 23.8. The van der Waals surface area contributed by atoms with Crippen LogP contribution in [-0.2, 0) is 9.59 Å². The minimum atomic E-state index is -0.379. The first kappa shape index (κ1) is 29.5. The number of carbonyl (C=O) groups is 2. The fraction of sp³-hybridized carbons (Fsp3) is 0.0556. The highest BCUT2D eigenvalue weighted by Crippen LogP contribution is 2.30. The molecule has 8 nitrogen and oxygen atoms in total. The van der Waals surface area contributed by atoms with Crippen LogP contribution in [-0.4, -0.2) is 37.5 Å². The van der Waals surface area contributed by atoms with E-state index in [0.29, 0.717) is 11.5 Å². The van der Waals surface area contributed by atoms with E-state index in [1.165, 1.54) is 12.4 Å². The molecule has 5 aromatic rings. The number of benzene rings is 5. The predicted octanol–water partition coefficient (Wildman–Crippen LogP) is 6.08. The van der Waals surface area contributed by atoms with Crippen LogP contribution >= 0.6 is 0 Å². The Labute approximate surface area is 255 Å². The second-order valence-electron chi connectivity index (χ2n) is 9.55. The van der Waals surface area contributed by atoms with E-state index in [1.54, 1.807) is 0 Å². The van der Waals surface area contributed by atoms with Gasteiger partial charge in [0.2, 0.25) is 0 Å². The van der Waals surface area contributed by atoms with Gasteiger partial charge in [-0.05, 0) is 34.4 Å². The maximum absolute atomic E-state index is 12.3. The summed E-state index contributed by atoms with van der Waals surface area (Å²) in [7, 11) is 0. The van der Waals surface area contributed by atoms with E-state index >= 15 is 0 Å². The Morgan fingerprint density at radius 3 is 1.27 bits per heavy atom. The topological polar surface area (TPSA) is 101 Å². The number of ether oxygens (including phenoxy) is 2. The van der Waals surface area contributed by atoms with Crippen LogP contribution in [0, 0.1) is 0 Å². The van der Waals surface area contributed by atoms with E-state index in [2.05, 4.69) is 21.1 Å². The van der Waals surface area contributed by atoms with E-state index in [-0.39, 0.29) is 25.0 Å². The maximum Gasteiger partial charge on any atom is 0.277 e. The summed E-state index contributed by atoms with van der Waals surface area (Å²) in [5.41, 5.74) is 10.3. The van der Waals surface area contributed by atoms with Gasteiger partial charge >= 0.3 is 0 Å². The summed E-state index contributed by atoms with van der Waals surface area (Å²) in [6, 6.07) is 42.1. The Bertz CT molecular complexity index is 1610. The second kappa shape index (κ2) is 15.3. The quantitative estimate of drug-likeness (QED) is 0.138. The minimum absolute atomic E-state index is 0.174. The highest BCUT2D eigenvalue weighted by molar-refractivity contribution is 5.86. The van der Waals surface area contributed by atoms with Gasteiger partial charge in [0.1, 0.15) is 11.5 Å². The molecule has 0 spiro atoms. The van der Waals surface area contributed by atoms with Gasteiger partial charge in [0, 0.05) is 11.1 Å². The van der Waals surface area contributed by atoms with Gasteiger partial charge in [-0.3, -0.25) is 9.59 Å². The van der Waals surface area contributed by atoms with Crippen molar-refractivity contribution in [2.45, 2.75) is 0 Å². The van der Waals surface area contributed by atoms with Gasteiger partial charge in [-0.15, -0.1) is 0 Å². The Morgan fingerprint density at radius 1 is 0.500 bits per heavy atom. The van der Waals surface area contributed by atoms with E-state index < -0.39 is 0 Å². The number of rotatable bonds is 12. The monoisotopic (exact) mass is 582 g/mol. The van der Waals surface area contributed by atoms with Gasteiger partial charge in [0.25, 0.3) is 11.8 Å². The van der Waals surface area contributed by atoms with Crippen molar-refractivity contribution in [3.05, 3.63) is 145 Å². The summed E-state index contributed by atoms with van der Waals surface area (Å²) in [6.45, 7) is -0.347. The lowest BCUT2D eigenvalue weighted by Gasteiger charge is -2.11. The minimum Gasteiger partial charge on any atom is -0.483 e. The number of carbonyl (C=O) groups excluding carboxylic acids is 2. The Balaban J connectivity index is 1.05. The normalized spacial score (nSPS) is 10.9. The average Bonchev–Trinajstić information content (AvgIpc) is 3.08. The van der Waals surface area contributed by atoms with Crippen LogP contribution in [0.25, 0.3) is 22.3 Å². The predicted molar refractivity (Wildman–Crippen MR) is 173 cm³/mol. The Hall–Kier alpha value is -6.02. The molecule has 5 aromatic carbocycles. The Morgan fingerprint density at radius 2 is 0.864 bits per heavy atom. The standard InChI is InChI=1S/C36H30N4O4/c41-35(25-43-33-17-9-7-15-31(33)29-11-3-1-4-12-29)39-37-23-27-19-21-28(22-20-27)24-38-40-36(42)26-44-34-18-10-8-16-32(34)30-13-5-2-6-14-30/h1-24H,25-26H2,(H,39,41)(H,40,42)/b37-23+,38-24+. The number of para-hydroxylation sites is 2. The van der Waals surface area contributed by atoms with E-state index in [4.69, 9.17) is 9.47 Å². The van der Waals surface area contributed by atoms with Crippen molar-refractivity contribution in [1.29, 1.82) is 0 Å². The number of hydrogen-bond donors (Lipinski definition) is 2. The van der Waals surface area contributed by atoms with Gasteiger partial charge < -0.3 is 9.47 Å². The first-order chi connectivity index (χ1) is 21.7. The molecule has 8 heteroatoms. The zero-order valence-electron chi connectivity index (χ0n) is 23.8. The van der Waals surface area contributed by atoms with Crippen LogP contribution < -0.4 is 20.3 Å². The molecule has 0 heterocycles. The summed E-state index contributed by atoms with van der Waals surface area (Å²) < 4.78 is 11.5. The van der Waals surface area contributed by atoms with Crippen molar-refractivity contribution in [3.63, 3.8) is 0 Å². The summed E-state index contributed by atoms with van der Waals surface area (Å²) in [4.78, 5) is 24.6. The summed E-state index contributed by atoms with van der Waals surface area (Å²) >= 11 is 0. The van der Waals surface area contributed by atoms with Gasteiger partial charge in [0.05, 0.1) is 12.4 Å². The fourth-order valence-corrected chi connectivity index (χ4v) is 4.27. The molecule has 0 atom stereocenters. The molecule has 2 amide bonds. The number of hydrazone groups is 2. The summed E-state index contributed by atoms with van der Waals surface area (Å²) in [5, 5.41) is 8.02. The molecular formula is C36H30N4O4. The van der Waals surface area contributed by atoms with Crippen molar-refractivity contribution in [1.82, 2.24) is 10.9 Å². The fourth-order valence-electron chi connectivity index (χ4n) is 4.27. The SMILES string of the molecule is O=C(COc1ccccc1-c1ccccc1)N/N=C/c1ccc(/C=N/NC(=O)COc2ccccc2-c2ccccc2)cc1. The molecule has 0 aliphatic carbocycles. The molecule has 218 valence electrons. The van der Waals surface area contributed by atoms with Crippen LogP contribution in [0.15, 0.2) is 144 Å². The van der Waals surface area contributed by atoms with E-state index in [9.17, 15) is 9.59 Å². The Kier molecular flexibility index (Phi) is 10.2. The molecule has 0 bridgehead atoms. The van der Waals surface area contributed by atoms with Crippen molar-refractivity contribution in [2.75, 3.05) is 13.2 Å². The maximum atomic E-state index is 12.3. The molecule has 0 saturated heterocycles. The molecule has 2 N–H and O–H groups in total. The summed E-state index contributed by atoms with van der Waals surface area (Å²) in [5.74, 6) is 0.478. The molecule has 0 aromatic heterocycles. The first-order valence-corrected chi connectivity index (χ1v) is 13.9. The number of nitrogens with zero attached hydrogens (tertiary/aromatic N) is 2. The molecular weight excluding hydrogens is 552 g/mol. The van der Waals surface area contributed by atoms with Gasteiger partial charge in [0.15, 0.2) is 13.2 Å². The second-order valence-corrected chi connectivity index (χ2v) is 9.55. The third-order valence-electron chi connectivity index (χ3n) is 6.40. The number of amides is 2. The summed E-state index contributed by atoms with van der Waals surface area (Å²) in [6.07, 6.45) is 3.06. The van der Waals surface area contributed by atoms with Crippen LogP contribution in [0.1, 0.15) is 11.1 Å². The average molecular weight is 583 g/mol. The number of nitrogens with one attached hydrogen (secondary N) is 2. The van der Waals surface area contributed by atoms with Crippen molar-refractivity contribution in [2.24, 2.45) is 10.2 Å². The molecule has 0 unspecified atom stereocenters. The van der Waals surface area contributed by atoms with E-state index in [1.807, 2.05) is 133 Å². The smallest absolute Gasteiger partial charge is 0.277 e. The third-order valence-corrected chi connectivity index (χ3v) is 6.40. The lowest BCUT2D eigenvalue weighted by molar-refractivity contribution is -0.123. The lowest BCUT2D eigenvalue weighted by Crippen LogP contribution is -2.24. The molecule has 0 fully saturated rings. The molecule has 0 radical (unpaired) electrons. The van der Waals surface area contributed by atoms with Crippen LogP contribution in [0.2, 0.25) is 0 Å². The van der Waals surface area contributed by atoms with Crippen LogP contribution in [0.3, 0.4) is 0 Å². The molecule has 0 aliphatic rings. The molecule has 0 saturated carbocycles. The van der Waals surface area contributed by atoms with Crippen molar-refractivity contribution >= 4 is 24.2 Å². The molecule has 0 aliphatic heterocycles. The highest BCUT2D eigenvalue weighted by Gasteiger charge is 2.09. The number of hydrogen-bond acceptors (Lipinski definition) is 6. The van der Waals surface area contributed by atoms with Gasteiger partial charge in [-0.2, -0.15) is 10.2 Å². The largest absolute Gasteiger partial charge is 0.483 e. The lowest BCUT2D eigenvalue weighted by atomic mass is 10.1. The first-order valence-electron chi connectivity index (χ1n) is 13.9. The van der Waals surface area contributed by atoms with Crippen LogP contribution in [0.4, 0.5) is 0 Å². The zero-order chi connectivity index (χ0) is 30.4. The van der Waals surface area contributed by atoms with Gasteiger partial charge in [-0.1, -0.05) is 121 Å².